The maximum absolute atomic E-state index is 12.8. The molecule has 0 aromatic heterocycles. The first-order chi connectivity index (χ1) is 14.5. The minimum Gasteiger partial charge on any atom is -0.483 e. The van der Waals surface area contributed by atoms with Crippen LogP contribution in [0.4, 0.5) is 11.4 Å². The van der Waals surface area contributed by atoms with Gasteiger partial charge in [-0.05, 0) is 74.0 Å². The number of nitrogens with zero attached hydrogens (tertiary/aromatic N) is 1. The standard InChI is InChI=1S/C24H23BrN2O3/c1-3-27(21-7-5-4-6-8-21)24(29)18-9-12-20(13-10-18)26-23(28)16-30-22-14-11-19(25)15-17(22)2/h4-15H,3,16H2,1-2H3,(H,26,28). The number of para-hydroxylation sites is 1. The van der Waals surface area contributed by atoms with Gasteiger partial charge < -0.3 is 15.0 Å². The Hall–Kier alpha value is -3.12. The van der Waals surface area contributed by atoms with Crippen molar-refractivity contribution in [1.29, 1.82) is 0 Å². The van der Waals surface area contributed by atoms with Gasteiger partial charge in [0.05, 0.1) is 0 Å². The number of carbonyl (C=O) groups is 2. The number of anilines is 2. The average Bonchev–Trinajstić information content (AvgIpc) is 2.75. The second kappa shape index (κ2) is 10.1. The van der Waals surface area contributed by atoms with Crippen molar-refractivity contribution in [3.05, 3.63) is 88.4 Å². The Bertz CT molecular complexity index is 1020. The van der Waals surface area contributed by atoms with Gasteiger partial charge in [-0.15, -0.1) is 0 Å². The highest BCUT2D eigenvalue weighted by Crippen LogP contribution is 2.22. The largest absolute Gasteiger partial charge is 0.483 e. The van der Waals surface area contributed by atoms with Crippen LogP contribution < -0.4 is 15.0 Å². The SMILES string of the molecule is CCN(C(=O)c1ccc(NC(=O)COc2ccc(Br)cc2C)cc1)c1ccccc1. The summed E-state index contributed by atoms with van der Waals surface area (Å²) in [5.41, 5.74) is 2.96. The topological polar surface area (TPSA) is 58.6 Å². The lowest BCUT2D eigenvalue weighted by molar-refractivity contribution is -0.118. The van der Waals surface area contributed by atoms with Gasteiger partial charge in [0.1, 0.15) is 5.75 Å². The van der Waals surface area contributed by atoms with Crippen LogP contribution in [0, 0.1) is 6.92 Å². The summed E-state index contributed by atoms with van der Waals surface area (Å²) in [6, 6.07) is 22.0. The Morgan fingerprint density at radius 3 is 2.33 bits per heavy atom. The molecule has 3 aromatic rings. The second-order valence-electron chi connectivity index (χ2n) is 6.71. The molecule has 154 valence electrons. The first-order valence-corrected chi connectivity index (χ1v) is 10.4. The highest BCUT2D eigenvalue weighted by molar-refractivity contribution is 9.10. The van der Waals surface area contributed by atoms with Crippen LogP contribution in [0.5, 0.6) is 5.75 Å². The minimum absolute atomic E-state index is 0.0874. The van der Waals surface area contributed by atoms with Crippen LogP contribution in [0.2, 0.25) is 0 Å². The third-order valence-corrected chi connectivity index (χ3v) is 5.03. The monoisotopic (exact) mass is 466 g/mol. The number of rotatable bonds is 7. The third kappa shape index (κ3) is 5.48. The molecule has 0 unspecified atom stereocenters. The highest BCUT2D eigenvalue weighted by Gasteiger charge is 2.16. The smallest absolute Gasteiger partial charge is 0.262 e. The number of hydrogen-bond acceptors (Lipinski definition) is 3. The zero-order valence-corrected chi connectivity index (χ0v) is 18.5. The van der Waals surface area contributed by atoms with Gasteiger partial charge in [0.2, 0.25) is 0 Å². The third-order valence-electron chi connectivity index (χ3n) is 4.54. The zero-order chi connectivity index (χ0) is 21.5. The lowest BCUT2D eigenvalue weighted by Crippen LogP contribution is -2.30. The predicted molar refractivity (Wildman–Crippen MR) is 123 cm³/mol. The lowest BCUT2D eigenvalue weighted by atomic mass is 10.1. The summed E-state index contributed by atoms with van der Waals surface area (Å²) in [4.78, 5) is 26.8. The molecule has 3 aromatic carbocycles. The molecule has 30 heavy (non-hydrogen) atoms. The summed E-state index contributed by atoms with van der Waals surface area (Å²) >= 11 is 3.40. The Kier molecular flexibility index (Phi) is 7.25. The minimum atomic E-state index is -0.268. The first kappa shape index (κ1) is 21.6. The van der Waals surface area contributed by atoms with Crippen molar-refractivity contribution in [2.45, 2.75) is 13.8 Å². The number of ether oxygens (including phenoxy) is 1. The summed E-state index contributed by atoms with van der Waals surface area (Å²) in [6.45, 7) is 4.32. The van der Waals surface area contributed by atoms with E-state index in [1.165, 1.54) is 0 Å². The average molecular weight is 467 g/mol. The Labute approximate surface area is 184 Å². The molecule has 0 saturated carbocycles. The molecule has 0 aliphatic rings. The summed E-state index contributed by atoms with van der Waals surface area (Å²) in [7, 11) is 0. The van der Waals surface area contributed by atoms with Crippen LogP contribution in [0.15, 0.2) is 77.3 Å². The Balaban J connectivity index is 1.59. The Morgan fingerprint density at radius 2 is 1.70 bits per heavy atom. The van der Waals surface area contributed by atoms with Crippen LogP contribution in [0.1, 0.15) is 22.8 Å². The maximum Gasteiger partial charge on any atom is 0.262 e. The van der Waals surface area contributed by atoms with Gasteiger partial charge in [-0.25, -0.2) is 0 Å². The van der Waals surface area contributed by atoms with Gasteiger partial charge in [0.25, 0.3) is 11.8 Å². The van der Waals surface area contributed by atoms with Crippen molar-refractivity contribution in [1.82, 2.24) is 0 Å². The van der Waals surface area contributed by atoms with Crippen molar-refractivity contribution < 1.29 is 14.3 Å². The zero-order valence-electron chi connectivity index (χ0n) is 16.9. The fourth-order valence-corrected chi connectivity index (χ4v) is 3.49. The van der Waals surface area contributed by atoms with Crippen molar-refractivity contribution >= 4 is 39.1 Å². The second-order valence-corrected chi connectivity index (χ2v) is 7.62. The molecule has 5 nitrogen and oxygen atoms in total. The molecule has 3 rings (SSSR count). The van der Waals surface area contributed by atoms with E-state index in [-0.39, 0.29) is 18.4 Å². The quantitative estimate of drug-likeness (QED) is 0.504. The molecule has 0 fully saturated rings. The van der Waals surface area contributed by atoms with E-state index in [0.29, 0.717) is 23.5 Å². The van der Waals surface area contributed by atoms with E-state index in [0.717, 1.165) is 15.7 Å². The normalized spacial score (nSPS) is 10.4. The number of nitrogens with one attached hydrogen (secondary N) is 1. The molecule has 0 atom stereocenters. The van der Waals surface area contributed by atoms with E-state index in [1.54, 1.807) is 29.2 Å². The lowest BCUT2D eigenvalue weighted by Gasteiger charge is -2.21. The van der Waals surface area contributed by atoms with E-state index < -0.39 is 0 Å². The van der Waals surface area contributed by atoms with Crippen LogP contribution in [-0.4, -0.2) is 25.0 Å². The summed E-state index contributed by atoms with van der Waals surface area (Å²) in [5, 5.41) is 2.79. The highest BCUT2D eigenvalue weighted by atomic mass is 79.9. The molecule has 1 N–H and O–H groups in total. The molecule has 0 aliphatic carbocycles. The molecule has 2 amide bonds. The van der Waals surface area contributed by atoms with Crippen molar-refractivity contribution in [3.63, 3.8) is 0 Å². The number of halogens is 1. The van der Waals surface area contributed by atoms with Crippen LogP contribution in [-0.2, 0) is 4.79 Å². The van der Waals surface area contributed by atoms with E-state index in [9.17, 15) is 9.59 Å². The van der Waals surface area contributed by atoms with Crippen LogP contribution >= 0.6 is 15.9 Å². The number of amides is 2. The van der Waals surface area contributed by atoms with Gasteiger partial charge in [-0.3, -0.25) is 9.59 Å². The summed E-state index contributed by atoms with van der Waals surface area (Å²) < 4.78 is 6.55. The van der Waals surface area contributed by atoms with Crippen molar-refractivity contribution in [2.24, 2.45) is 0 Å². The molecule has 0 spiro atoms. The summed E-state index contributed by atoms with van der Waals surface area (Å²) in [5.74, 6) is 0.307. The van der Waals surface area contributed by atoms with Gasteiger partial charge in [0.15, 0.2) is 6.61 Å². The van der Waals surface area contributed by atoms with Gasteiger partial charge in [-0.1, -0.05) is 34.1 Å². The van der Waals surface area contributed by atoms with Crippen LogP contribution in [0.3, 0.4) is 0 Å². The van der Waals surface area contributed by atoms with Crippen LogP contribution in [0.25, 0.3) is 0 Å². The molecule has 0 heterocycles. The van der Waals surface area contributed by atoms with Gasteiger partial charge in [0, 0.05) is 28.0 Å². The molecule has 0 saturated heterocycles. The molecule has 6 heteroatoms. The van der Waals surface area contributed by atoms with E-state index in [1.807, 2.05) is 62.4 Å². The maximum atomic E-state index is 12.8. The fraction of sp³-hybridized carbons (Fsp3) is 0.167. The molecule has 0 radical (unpaired) electrons. The number of benzene rings is 3. The molecular weight excluding hydrogens is 444 g/mol. The van der Waals surface area contributed by atoms with E-state index in [4.69, 9.17) is 4.74 Å². The van der Waals surface area contributed by atoms with Gasteiger partial charge >= 0.3 is 0 Å². The number of hydrogen-bond donors (Lipinski definition) is 1. The predicted octanol–water partition coefficient (Wildman–Crippen LogP) is 5.44. The fourth-order valence-electron chi connectivity index (χ4n) is 3.02. The first-order valence-electron chi connectivity index (χ1n) is 9.63. The van der Waals surface area contributed by atoms with E-state index >= 15 is 0 Å². The molecular formula is C24H23BrN2O3. The molecule has 0 aliphatic heterocycles. The van der Waals surface area contributed by atoms with E-state index in [2.05, 4.69) is 21.2 Å². The van der Waals surface area contributed by atoms with Crippen molar-refractivity contribution in [2.75, 3.05) is 23.4 Å². The summed E-state index contributed by atoms with van der Waals surface area (Å²) in [6.07, 6.45) is 0. The van der Waals surface area contributed by atoms with Gasteiger partial charge in [-0.2, -0.15) is 0 Å². The molecule has 0 bridgehead atoms. The number of aryl methyl sites for hydroxylation is 1. The Morgan fingerprint density at radius 1 is 1.00 bits per heavy atom. The number of carbonyl (C=O) groups excluding carboxylic acids is 2. The van der Waals surface area contributed by atoms with Crippen molar-refractivity contribution in [3.8, 4) is 5.75 Å².